The molecule has 2 aromatic carbocycles. The molecule has 1 atom stereocenters. The fourth-order valence-electron chi connectivity index (χ4n) is 2.19. The van der Waals surface area contributed by atoms with Crippen LogP contribution >= 0.6 is 0 Å². The number of hydrogen-bond donors (Lipinski definition) is 1. The van der Waals surface area contributed by atoms with Gasteiger partial charge in [-0.2, -0.15) is 5.26 Å². The van der Waals surface area contributed by atoms with Crippen molar-refractivity contribution in [3.8, 4) is 11.8 Å². The zero-order valence-corrected chi connectivity index (χ0v) is 12.0. The lowest BCUT2D eigenvalue weighted by Gasteiger charge is -2.19. The molecule has 1 aliphatic carbocycles. The largest absolute Gasteiger partial charge is 0.474 e. The summed E-state index contributed by atoms with van der Waals surface area (Å²) >= 11 is 0. The number of rotatable bonds is 5. The average Bonchev–Trinajstić information content (AvgIpc) is 3.37. The first-order valence-electron chi connectivity index (χ1n) is 7.29. The van der Waals surface area contributed by atoms with Crippen LogP contribution in [-0.2, 0) is 4.79 Å². The minimum absolute atomic E-state index is 0.165. The van der Waals surface area contributed by atoms with Gasteiger partial charge in [0.1, 0.15) is 11.8 Å². The van der Waals surface area contributed by atoms with E-state index in [4.69, 9.17) is 10.00 Å². The van der Waals surface area contributed by atoms with Crippen LogP contribution in [0.25, 0.3) is 0 Å². The fraction of sp³-hybridized carbons (Fsp3) is 0.222. The van der Waals surface area contributed by atoms with E-state index in [9.17, 15) is 4.79 Å². The molecule has 0 saturated heterocycles. The van der Waals surface area contributed by atoms with Crippen molar-refractivity contribution in [2.45, 2.75) is 25.0 Å². The molecule has 2 aromatic rings. The first-order valence-corrected chi connectivity index (χ1v) is 7.29. The summed E-state index contributed by atoms with van der Waals surface area (Å²) in [6.07, 6.45) is 1.28. The molecule has 1 fully saturated rings. The van der Waals surface area contributed by atoms with Crippen molar-refractivity contribution < 1.29 is 9.53 Å². The molecule has 0 unspecified atom stereocenters. The molecular weight excluding hydrogens is 276 g/mol. The second kappa shape index (κ2) is 6.31. The number of ether oxygens (including phenoxy) is 1. The quantitative estimate of drug-likeness (QED) is 0.921. The van der Waals surface area contributed by atoms with Crippen LogP contribution in [0, 0.1) is 11.3 Å². The van der Waals surface area contributed by atoms with E-state index >= 15 is 0 Å². The zero-order chi connectivity index (χ0) is 15.4. The highest BCUT2D eigenvalue weighted by Gasteiger charge is 2.30. The average molecular weight is 292 g/mol. The maximum absolute atomic E-state index is 12.5. The molecule has 4 heteroatoms. The number of carbonyl (C=O) groups is 1. The van der Waals surface area contributed by atoms with Crippen LogP contribution in [0.1, 0.15) is 30.1 Å². The number of amides is 1. The molecule has 4 nitrogen and oxygen atoms in total. The van der Waals surface area contributed by atoms with Gasteiger partial charge in [-0.05, 0) is 25.0 Å². The van der Waals surface area contributed by atoms with Crippen molar-refractivity contribution in [2.75, 3.05) is 0 Å². The van der Waals surface area contributed by atoms with Crippen molar-refractivity contribution in [3.63, 3.8) is 0 Å². The Balaban J connectivity index is 1.88. The van der Waals surface area contributed by atoms with Gasteiger partial charge in [-0.3, -0.25) is 4.79 Å². The number of para-hydroxylation sites is 1. The molecule has 0 radical (unpaired) electrons. The van der Waals surface area contributed by atoms with Gasteiger partial charge in [-0.15, -0.1) is 0 Å². The number of nitrogens with one attached hydrogen (secondary N) is 1. The summed E-state index contributed by atoms with van der Waals surface area (Å²) in [6, 6.07) is 18.6. The van der Waals surface area contributed by atoms with Gasteiger partial charge in [0.15, 0.2) is 0 Å². The molecular formula is C18H16N2O2. The van der Waals surface area contributed by atoms with Gasteiger partial charge in [0.05, 0.1) is 5.56 Å². The van der Waals surface area contributed by atoms with E-state index in [-0.39, 0.29) is 11.9 Å². The highest BCUT2D eigenvalue weighted by atomic mass is 16.5. The molecule has 0 bridgehead atoms. The summed E-state index contributed by atoms with van der Waals surface area (Å²) in [7, 11) is 0. The standard InChI is InChI=1S/C18H16N2O2/c19-12-14-8-4-5-9-16(14)22-17(13-6-2-1-3-7-13)18(21)20-15-10-11-15/h1-9,15,17H,10-11H2,(H,20,21)/t17-/m1/s1. The van der Waals surface area contributed by atoms with Crippen LogP contribution in [0.15, 0.2) is 54.6 Å². The van der Waals surface area contributed by atoms with Gasteiger partial charge in [-0.1, -0.05) is 42.5 Å². The van der Waals surface area contributed by atoms with Crippen LogP contribution in [0.3, 0.4) is 0 Å². The van der Waals surface area contributed by atoms with Gasteiger partial charge in [0, 0.05) is 11.6 Å². The van der Waals surface area contributed by atoms with E-state index in [0.29, 0.717) is 11.3 Å². The Bertz CT molecular complexity index is 703. The smallest absolute Gasteiger partial charge is 0.266 e. The topological polar surface area (TPSA) is 62.1 Å². The monoisotopic (exact) mass is 292 g/mol. The van der Waals surface area contributed by atoms with E-state index < -0.39 is 6.10 Å². The molecule has 0 aromatic heterocycles. The summed E-state index contributed by atoms with van der Waals surface area (Å²) in [6.45, 7) is 0. The predicted molar refractivity (Wildman–Crippen MR) is 82.1 cm³/mol. The Hall–Kier alpha value is -2.80. The fourth-order valence-corrected chi connectivity index (χ4v) is 2.19. The second-order valence-corrected chi connectivity index (χ2v) is 5.30. The maximum Gasteiger partial charge on any atom is 0.266 e. The molecule has 1 aliphatic rings. The number of carbonyl (C=O) groups excluding carboxylic acids is 1. The summed E-state index contributed by atoms with van der Waals surface area (Å²) in [5, 5.41) is 12.1. The van der Waals surface area contributed by atoms with Crippen LogP contribution in [0.4, 0.5) is 0 Å². The number of benzene rings is 2. The number of hydrogen-bond acceptors (Lipinski definition) is 3. The van der Waals surface area contributed by atoms with E-state index in [1.54, 1.807) is 24.3 Å². The first kappa shape index (κ1) is 14.2. The van der Waals surface area contributed by atoms with Gasteiger partial charge in [-0.25, -0.2) is 0 Å². The first-order chi connectivity index (χ1) is 10.8. The lowest BCUT2D eigenvalue weighted by Crippen LogP contribution is -2.34. The minimum atomic E-state index is -0.753. The van der Waals surface area contributed by atoms with Crippen molar-refractivity contribution in [1.29, 1.82) is 5.26 Å². The summed E-state index contributed by atoms with van der Waals surface area (Å²) in [4.78, 5) is 12.5. The van der Waals surface area contributed by atoms with E-state index in [2.05, 4.69) is 11.4 Å². The van der Waals surface area contributed by atoms with Crippen molar-refractivity contribution in [3.05, 3.63) is 65.7 Å². The Morgan fingerprint density at radius 3 is 2.50 bits per heavy atom. The molecule has 3 rings (SSSR count). The Labute approximate surface area is 129 Å². The molecule has 1 saturated carbocycles. The molecule has 0 heterocycles. The number of nitriles is 1. The molecule has 110 valence electrons. The lowest BCUT2D eigenvalue weighted by atomic mass is 10.1. The van der Waals surface area contributed by atoms with Gasteiger partial charge in [0.2, 0.25) is 6.10 Å². The lowest BCUT2D eigenvalue weighted by molar-refractivity contribution is -0.128. The Morgan fingerprint density at radius 2 is 1.82 bits per heavy atom. The van der Waals surface area contributed by atoms with Gasteiger partial charge >= 0.3 is 0 Å². The van der Waals surface area contributed by atoms with E-state index in [1.165, 1.54) is 0 Å². The predicted octanol–water partition coefficient (Wildman–Crippen LogP) is 2.96. The van der Waals surface area contributed by atoms with Crippen LogP contribution < -0.4 is 10.1 Å². The SMILES string of the molecule is N#Cc1ccccc1O[C@@H](C(=O)NC1CC1)c1ccccc1. The molecule has 1 N–H and O–H groups in total. The Kier molecular flexibility index (Phi) is 4.06. The van der Waals surface area contributed by atoms with Crippen molar-refractivity contribution in [2.24, 2.45) is 0 Å². The summed E-state index contributed by atoms with van der Waals surface area (Å²) in [5.74, 6) is 0.256. The third-order valence-electron chi connectivity index (χ3n) is 3.52. The number of nitrogens with zero attached hydrogens (tertiary/aromatic N) is 1. The highest BCUT2D eigenvalue weighted by molar-refractivity contribution is 5.83. The third-order valence-corrected chi connectivity index (χ3v) is 3.52. The second-order valence-electron chi connectivity index (χ2n) is 5.30. The highest BCUT2D eigenvalue weighted by Crippen LogP contribution is 2.27. The molecule has 1 amide bonds. The van der Waals surface area contributed by atoms with Gasteiger partial charge in [0.25, 0.3) is 5.91 Å². The minimum Gasteiger partial charge on any atom is -0.474 e. The summed E-state index contributed by atoms with van der Waals surface area (Å²) in [5.41, 5.74) is 1.19. The normalized spacial score (nSPS) is 14.7. The van der Waals surface area contributed by atoms with Crippen LogP contribution in [0.5, 0.6) is 5.75 Å². The van der Waals surface area contributed by atoms with Crippen molar-refractivity contribution >= 4 is 5.91 Å². The van der Waals surface area contributed by atoms with Crippen LogP contribution in [0.2, 0.25) is 0 Å². The van der Waals surface area contributed by atoms with E-state index in [0.717, 1.165) is 18.4 Å². The van der Waals surface area contributed by atoms with Gasteiger partial charge < -0.3 is 10.1 Å². The third kappa shape index (κ3) is 3.26. The zero-order valence-electron chi connectivity index (χ0n) is 12.0. The molecule has 0 spiro atoms. The molecule has 22 heavy (non-hydrogen) atoms. The maximum atomic E-state index is 12.5. The van der Waals surface area contributed by atoms with Crippen molar-refractivity contribution in [1.82, 2.24) is 5.32 Å². The summed E-state index contributed by atoms with van der Waals surface area (Å²) < 4.78 is 5.88. The molecule has 0 aliphatic heterocycles. The van der Waals surface area contributed by atoms with Crippen LogP contribution in [-0.4, -0.2) is 11.9 Å². The van der Waals surface area contributed by atoms with E-state index in [1.807, 2.05) is 30.3 Å². The Morgan fingerprint density at radius 1 is 1.14 bits per heavy atom.